The molecule has 5 aromatic rings. The fourth-order valence-corrected chi connectivity index (χ4v) is 3.83. The van der Waals surface area contributed by atoms with Crippen molar-refractivity contribution in [2.75, 3.05) is 5.32 Å². The van der Waals surface area contributed by atoms with Crippen LogP contribution in [0.4, 0.5) is 5.69 Å². The number of hydrogen-bond acceptors (Lipinski definition) is 5. The summed E-state index contributed by atoms with van der Waals surface area (Å²) in [5.74, 6) is 1.06. The van der Waals surface area contributed by atoms with Gasteiger partial charge in [0, 0.05) is 36.1 Å². The second-order valence-electron chi connectivity index (χ2n) is 8.09. The Morgan fingerprint density at radius 1 is 1.11 bits per heavy atom. The van der Waals surface area contributed by atoms with Crippen LogP contribution in [-0.4, -0.2) is 35.6 Å². The summed E-state index contributed by atoms with van der Waals surface area (Å²) < 4.78 is 1.69. The maximum Gasteiger partial charge on any atom is 0.273 e. The van der Waals surface area contributed by atoms with E-state index in [0.29, 0.717) is 23.7 Å². The third kappa shape index (κ3) is 4.56. The van der Waals surface area contributed by atoms with Crippen LogP contribution in [0.1, 0.15) is 40.2 Å². The average Bonchev–Trinajstić information content (AvgIpc) is 3.59. The molecule has 3 aromatic heterocycles. The van der Waals surface area contributed by atoms with Gasteiger partial charge >= 0.3 is 0 Å². The van der Waals surface area contributed by atoms with Crippen LogP contribution >= 0.6 is 0 Å². The molecule has 0 radical (unpaired) electrons. The Labute approximate surface area is 202 Å². The lowest BCUT2D eigenvalue weighted by Gasteiger charge is -2.12. The number of amides is 1. The molecule has 0 saturated carbocycles. The van der Waals surface area contributed by atoms with Crippen LogP contribution < -0.4 is 10.2 Å². The number of H-pyrrole nitrogens is 1. The standard InChI is InChI=1S/C26H25N7O2/c1-4-32-24(15-18(3)30-32)26(34)29-22-16-19(10-9-17(22)2)35-33-23-8-6-5-7-20(23)21(31-33)11-12-25-27-13-14-28-25/h5-16H,4H2,1-3H3,(H,27,28)(H,29,34). The Balaban J connectivity index is 1.42. The highest BCUT2D eigenvalue weighted by Crippen LogP contribution is 2.26. The van der Waals surface area contributed by atoms with Crippen LogP contribution in [-0.2, 0) is 6.54 Å². The van der Waals surface area contributed by atoms with E-state index in [2.05, 4.69) is 25.5 Å². The molecule has 0 bridgehead atoms. The van der Waals surface area contributed by atoms with Gasteiger partial charge < -0.3 is 15.1 Å². The second kappa shape index (κ2) is 9.30. The molecule has 35 heavy (non-hydrogen) atoms. The molecule has 0 unspecified atom stereocenters. The zero-order valence-corrected chi connectivity index (χ0v) is 19.7. The van der Waals surface area contributed by atoms with Crippen molar-refractivity contribution >= 4 is 34.6 Å². The minimum absolute atomic E-state index is 0.220. The van der Waals surface area contributed by atoms with Gasteiger partial charge in [0.1, 0.15) is 17.0 Å². The molecule has 3 heterocycles. The fourth-order valence-electron chi connectivity index (χ4n) is 3.83. The molecule has 0 aliphatic rings. The summed E-state index contributed by atoms with van der Waals surface area (Å²) in [7, 11) is 0. The molecule has 0 atom stereocenters. The lowest BCUT2D eigenvalue weighted by molar-refractivity contribution is 0.101. The van der Waals surface area contributed by atoms with Gasteiger partial charge in [0.15, 0.2) is 5.75 Å². The summed E-state index contributed by atoms with van der Waals surface area (Å²) in [5.41, 5.74) is 4.46. The number of anilines is 1. The summed E-state index contributed by atoms with van der Waals surface area (Å²) in [5, 5.41) is 12.9. The van der Waals surface area contributed by atoms with E-state index in [9.17, 15) is 4.79 Å². The molecule has 176 valence electrons. The van der Waals surface area contributed by atoms with Gasteiger partial charge in [0.25, 0.3) is 5.91 Å². The number of aromatic nitrogens is 6. The summed E-state index contributed by atoms with van der Waals surface area (Å²) in [6.45, 7) is 6.37. The molecule has 0 saturated heterocycles. The van der Waals surface area contributed by atoms with E-state index in [4.69, 9.17) is 4.84 Å². The number of aryl methyl sites for hydroxylation is 3. The van der Waals surface area contributed by atoms with E-state index in [-0.39, 0.29) is 5.91 Å². The minimum Gasteiger partial charge on any atom is -0.357 e. The van der Waals surface area contributed by atoms with Crippen molar-refractivity contribution in [1.29, 1.82) is 0 Å². The number of hydrogen-bond donors (Lipinski definition) is 2. The van der Waals surface area contributed by atoms with E-state index in [1.165, 1.54) is 4.85 Å². The number of nitrogens with zero attached hydrogens (tertiary/aromatic N) is 5. The molecule has 2 N–H and O–H groups in total. The van der Waals surface area contributed by atoms with E-state index in [1.54, 1.807) is 29.2 Å². The maximum absolute atomic E-state index is 12.9. The number of carbonyl (C=O) groups excluding carboxylic acids is 1. The first kappa shape index (κ1) is 22.1. The van der Waals surface area contributed by atoms with Crippen LogP contribution in [0.15, 0.2) is 60.9 Å². The number of fused-ring (bicyclic) bond motifs is 1. The summed E-state index contributed by atoms with van der Waals surface area (Å²) >= 11 is 0. The molecule has 9 heteroatoms. The Hall–Kier alpha value is -4.66. The van der Waals surface area contributed by atoms with Gasteiger partial charge in [-0.2, -0.15) is 5.10 Å². The minimum atomic E-state index is -0.220. The van der Waals surface area contributed by atoms with Crippen LogP contribution in [0.5, 0.6) is 5.75 Å². The quantitative estimate of drug-likeness (QED) is 0.356. The predicted octanol–water partition coefficient (Wildman–Crippen LogP) is 4.86. The van der Waals surface area contributed by atoms with Crippen molar-refractivity contribution in [2.24, 2.45) is 0 Å². The zero-order valence-electron chi connectivity index (χ0n) is 19.7. The van der Waals surface area contributed by atoms with Crippen LogP contribution in [0.3, 0.4) is 0 Å². The van der Waals surface area contributed by atoms with Gasteiger partial charge in [-0.15, -0.1) is 5.10 Å². The topological polar surface area (TPSA) is 103 Å². The van der Waals surface area contributed by atoms with Gasteiger partial charge in [0.05, 0.1) is 11.4 Å². The largest absolute Gasteiger partial charge is 0.357 e. The highest BCUT2D eigenvalue weighted by Gasteiger charge is 2.16. The smallest absolute Gasteiger partial charge is 0.273 e. The number of carbonyl (C=O) groups is 1. The van der Waals surface area contributed by atoms with Gasteiger partial charge in [-0.25, -0.2) is 4.98 Å². The zero-order chi connectivity index (χ0) is 24.4. The molecule has 9 nitrogen and oxygen atoms in total. The molecule has 5 rings (SSSR count). The lowest BCUT2D eigenvalue weighted by Crippen LogP contribution is -2.18. The van der Waals surface area contributed by atoms with Crippen molar-refractivity contribution in [1.82, 2.24) is 29.7 Å². The maximum atomic E-state index is 12.9. The number of aromatic amines is 1. The number of imidazole rings is 1. The molecule has 2 aromatic carbocycles. The Morgan fingerprint density at radius 2 is 1.97 bits per heavy atom. The van der Waals surface area contributed by atoms with Gasteiger partial charge in [-0.1, -0.05) is 29.1 Å². The first-order valence-electron chi connectivity index (χ1n) is 11.3. The molecule has 0 aliphatic heterocycles. The molecule has 0 fully saturated rings. The number of para-hydroxylation sites is 1. The summed E-state index contributed by atoms with van der Waals surface area (Å²) in [6, 6.07) is 15.1. The van der Waals surface area contributed by atoms with Crippen LogP contribution in [0, 0.1) is 13.8 Å². The van der Waals surface area contributed by atoms with Crippen LogP contribution in [0.2, 0.25) is 0 Å². The molecule has 1 amide bonds. The van der Waals surface area contributed by atoms with Crippen molar-refractivity contribution in [2.45, 2.75) is 27.3 Å². The Kier molecular flexibility index (Phi) is 5.88. The molecule has 0 spiro atoms. The van der Waals surface area contributed by atoms with E-state index in [1.807, 2.05) is 69.3 Å². The van der Waals surface area contributed by atoms with Crippen molar-refractivity contribution in [3.05, 3.63) is 89.4 Å². The molecular weight excluding hydrogens is 442 g/mol. The number of benzene rings is 2. The Bertz CT molecular complexity index is 1530. The fraction of sp³-hybridized carbons (Fsp3) is 0.154. The van der Waals surface area contributed by atoms with E-state index in [0.717, 1.165) is 33.7 Å². The average molecular weight is 468 g/mol. The molecule has 0 aliphatic carbocycles. The predicted molar refractivity (Wildman–Crippen MR) is 135 cm³/mol. The summed E-state index contributed by atoms with van der Waals surface area (Å²) in [4.78, 5) is 27.8. The first-order valence-corrected chi connectivity index (χ1v) is 11.3. The SMILES string of the molecule is CCn1nc(C)cc1C(=O)Nc1cc(On2nc(C=Cc3ncc[nH]3)c3ccccc32)ccc1C. The number of rotatable bonds is 7. The normalized spacial score (nSPS) is 11.4. The third-order valence-electron chi connectivity index (χ3n) is 5.59. The van der Waals surface area contributed by atoms with Crippen molar-refractivity contribution < 1.29 is 9.63 Å². The lowest BCUT2D eigenvalue weighted by atomic mass is 10.2. The first-order chi connectivity index (χ1) is 17.0. The highest BCUT2D eigenvalue weighted by atomic mass is 16.7. The van der Waals surface area contributed by atoms with Gasteiger partial charge in [-0.05, 0) is 56.7 Å². The Morgan fingerprint density at radius 3 is 2.77 bits per heavy atom. The second-order valence-corrected chi connectivity index (χ2v) is 8.09. The van der Waals surface area contributed by atoms with E-state index >= 15 is 0 Å². The van der Waals surface area contributed by atoms with Crippen LogP contribution in [0.25, 0.3) is 23.1 Å². The van der Waals surface area contributed by atoms with Gasteiger partial charge in [-0.3, -0.25) is 9.48 Å². The third-order valence-corrected chi connectivity index (χ3v) is 5.59. The van der Waals surface area contributed by atoms with Gasteiger partial charge in [0.2, 0.25) is 0 Å². The molecular formula is C26H25N7O2. The van der Waals surface area contributed by atoms with E-state index < -0.39 is 0 Å². The van der Waals surface area contributed by atoms with Crippen molar-refractivity contribution in [3.8, 4) is 5.75 Å². The monoisotopic (exact) mass is 467 g/mol. The van der Waals surface area contributed by atoms with Crippen molar-refractivity contribution in [3.63, 3.8) is 0 Å². The number of nitrogens with one attached hydrogen (secondary N) is 2. The summed E-state index contributed by atoms with van der Waals surface area (Å²) in [6.07, 6.45) is 7.22. The highest BCUT2D eigenvalue weighted by molar-refractivity contribution is 6.03.